The third kappa shape index (κ3) is 5.41. The molecule has 0 saturated heterocycles. The lowest BCUT2D eigenvalue weighted by atomic mass is 9.96. The van der Waals surface area contributed by atoms with Crippen LogP contribution in [-0.4, -0.2) is 48.9 Å². The van der Waals surface area contributed by atoms with Crippen molar-refractivity contribution in [2.45, 2.75) is 20.8 Å². The topological polar surface area (TPSA) is 74.3 Å². The quantitative estimate of drug-likeness (QED) is 0.804. The van der Waals surface area contributed by atoms with Crippen LogP contribution < -0.4 is 10.6 Å². The summed E-state index contributed by atoms with van der Waals surface area (Å²) in [6, 6.07) is 3.48. The number of amides is 2. The van der Waals surface area contributed by atoms with Gasteiger partial charge < -0.3 is 15.5 Å². The Kier molecular flexibility index (Phi) is 5.69. The SMILES string of the molecule is CN(C)C(=O)c1ccc(NCCNC(=O)C(C)(C)C)nc1. The van der Waals surface area contributed by atoms with Gasteiger partial charge in [-0.1, -0.05) is 20.8 Å². The van der Waals surface area contributed by atoms with Crippen molar-refractivity contribution < 1.29 is 9.59 Å². The average Bonchev–Trinajstić information content (AvgIpc) is 2.42. The summed E-state index contributed by atoms with van der Waals surface area (Å²) in [5, 5.41) is 5.94. The van der Waals surface area contributed by atoms with Crippen molar-refractivity contribution >= 4 is 17.6 Å². The van der Waals surface area contributed by atoms with Gasteiger partial charge in [-0.2, -0.15) is 0 Å². The molecule has 0 aliphatic rings. The minimum absolute atomic E-state index is 0.0178. The zero-order valence-corrected chi connectivity index (χ0v) is 13.4. The molecule has 0 saturated carbocycles. The van der Waals surface area contributed by atoms with Gasteiger partial charge in [0, 0.05) is 38.8 Å². The molecule has 6 nitrogen and oxygen atoms in total. The van der Waals surface area contributed by atoms with Crippen molar-refractivity contribution in [3.05, 3.63) is 23.9 Å². The molecule has 2 amide bonds. The highest BCUT2D eigenvalue weighted by molar-refractivity contribution is 5.93. The van der Waals surface area contributed by atoms with Crippen molar-refractivity contribution in [1.82, 2.24) is 15.2 Å². The second-order valence-corrected chi connectivity index (χ2v) is 6.06. The van der Waals surface area contributed by atoms with Gasteiger partial charge in [0.05, 0.1) is 5.56 Å². The lowest BCUT2D eigenvalue weighted by molar-refractivity contribution is -0.128. The maximum Gasteiger partial charge on any atom is 0.254 e. The van der Waals surface area contributed by atoms with Crippen LogP contribution in [0.15, 0.2) is 18.3 Å². The van der Waals surface area contributed by atoms with Crippen LogP contribution in [0.4, 0.5) is 5.82 Å². The summed E-state index contributed by atoms with van der Waals surface area (Å²) < 4.78 is 0. The highest BCUT2D eigenvalue weighted by Crippen LogP contribution is 2.12. The number of hydrogen-bond donors (Lipinski definition) is 2. The van der Waals surface area contributed by atoms with Gasteiger partial charge in [-0.15, -0.1) is 0 Å². The zero-order valence-electron chi connectivity index (χ0n) is 13.4. The van der Waals surface area contributed by atoms with E-state index in [4.69, 9.17) is 0 Å². The maximum atomic E-state index is 11.7. The molecule has 0 radical (unpaired) electrons. The van der Waals surface area contributed by atoms with Gasteiger partial charge >= 0.3 is 0 Å². The number of rotatable bonds is 5. The Labute approximate surface area is 125 Å². The Bertz CT molecular complexity index is 489. The van der Waals surface area contributed by atoms with Crippen LogP contribution in [0.25, 0.3) is 0 Å². The summed E-state index contributed by atoms with van der Waals surface area (Å²) in [7, 11) is 3.40. The number of carbonyl (C=O) groups excluding carboxylic acids is 2. The second kappa shape index (κ2) is 7.06. The smallest absolute Gasteiger partial charge is 0.254 e. The molecule has 0 aromatic carbocycles. The summed E-state index contributed by atoms with van der Waals surface area (Å²) in [5.74, 6) is 0.617. The molecule has 0 spiro atoms. The lowest BCUT2D eigenvalue weighted by Crippen LogP contribution is -2.37. The van der Waals surface area contributed by atoms with Gasteiger partial charge in [0.25, 0.3) is 5.91 Å². The zero-order chi connectivity index (χ0) is 16.0. The van der Waals surface area contributed by atoms with Gasteiger partial charge in [0.1, 0.15) is 5.82 Å². The molecular formula is C15H24N4O2. The number of nitrogens with zero attached hydrogens (tertiary/aromatic N) is 2. The molecule has 1 aromatic rings. The minimum Gasteiger partial charge on any atom is -0.368 e. The molecule has 1 rings (SSSR count). The fourth-order valence-corrected chi connectivity index (χ4v) is 1.51. The molecule has 0 bridgehead atoms. The molecule has 1 aromatic heterocycles. The normalized spacial score (nSPS) is 10.9. The number of aromatic nitrogens is 1. The van der Waals surface area contributed by atoms with E-state index in [1.165, 1.54) is 4.90 Å². The third-order valence-corrected chi connectivity index (χ3v) is 2.81. The second-order valence-electron chi connectivity index (χ2n) is 6.06. The highest BCUT2D eigenvalue weighted by Gasteiger charge is 2.20. The maximum absolute atomic E-state index is 11.7. The van der Waals surface area contributed by atoms with Crippen molar-refractivity contribution in [2.24, 2.45) is 5.41 Å². The Morgan fingerprint density at radius 3 is 2.33 bits per heavy atom. The standard InChI is InChI=1S/C15H24N4O2/c1-15(2,3)14(21)17-9-8-16-12-7-6-11(10-18-12)13(20)19(4)5/h6-7,10H,8-9H2,1-5H3,(H,16,18)(H,17,21). The Morgan fingerprint density at radius 1 is 1.19 bits per heavy atom. The van der Waals surface area contributed by atoms with E-state index in [0.29, 0.717) is 24.5 Å². The Hall–Kier alpha value is -2.11. The van der Waals surface area contributed by atoms with E-state index in [9.17, 15) is 9.59 Å². The van der Waals surface area contributed by atoms with Gasteiger partial charge in [0.2, 0.25) is 5.91 Å². The molecular weight excluding hydrogens is 268 g/mol. The Balaban J connectivity index is 2.40. The summed E-state index contributed by atoms with van der Waals surface area (Å²) in [6.45, 7) is 6.72. The fourth-order valence-electron chi connectivity index (χ4n) is 1.51. The van der Waals surface area contributed by atoms with Crippen molar-refractivity contribution in [3.63, 3.8) is 0 Å². The summed E-state index contributed by atoms with van der Waals surface area (Å²) in [5.41, 5.74) is 0.165. The van der Waals surface area contributed by atoms with Crippen LogP contribution >= 0.6 is 0 Å². The van der Waals surface area contributed by atoms with Crippen molar-refractivity contribution in [2.75, 3.05) is 32.5 Å². The number of carbonyl (C=O) groups is 2. The van der Waals surface area contributed by atoms with Gasteiger partial charge in [-0.25, -0.2) is 4.98 Å². The van der Waals surface area contributed by atoms with Crippen LogP contribution in [0.3, 0.4) is 0 Å². The summed E-state index contributed by atoms with van der Waals surface area (Å²) >= 11 is 0. The van der Waals surface area contributed by atoms with E-state index in [1.54, 1.807) is 32.4 Å². The first-order valence-electron chi connectivity index (χ1n) is 6.91. The van der Waals surface area contributed by atoms with Crippen molar-refractivity contribution in [3.8, 4) is 0 Å². The average molecular weight is 292 g/mol. The molecule has 0 fully saturated rings. The largest absolute Gasteiger partial charge is 0.368 e. The third-order valence-electron chi connectivity index (χ3n) is 2.81. The number of hydrogen-bond acceptors (Lipinski definition) is 4. The number of anilines is 1. The Morgan fingerprint density at radius 2 is 1.86 bits per heavy atom. The molecule has 0 unspecified atom stereocenters. The van der Waals surface area contributed by atoms with E-state index in [1.807, 2.05) is 20.8 Å². The molecule has 6 heteroatoms. The number of nitrogens with one attached hydrogen (secondary N) is 2. The fraction of sp³-hybridized carbons (Fsp3) is 0.533. The number of pyridine rings is 1. The molecule has 0 aliphatic carbocycles. The summed E-state index contributed by atoms with van der Waals surface area (Å²) in [4.78, 5) is 29.0. The predicted molar refractivity (Wildman–Crippen MR) is 83.2 cm³/mol. The van der Waals surface area contributed by atoms with E-state index >= 15 is 0 Å². The first kappa shape index (κ1) is 16.9. The van der Waals surface area contributed by atoms with E-state index in [0.717, 1.165) is 0 Å². The van der Waals surface area contributed by atoms with E-state index < -0.39 is 0 Å². The highest BCUT2D eigenvalue weighted by atomic mass is 16.2. The first-order valence-corrected chi connectivity index (χ1v) is 6.91. The summed E-state index contributed by atoms with van der Waals surface area (Å²) in [6.07, 6.45) is 1.54. The van der Waals surface area contributed by atoms with E-state index in [-0.39, 0.29) is 17.2 Å². The van der Waals surface area contributed by atoms with Crippen LogP contribution in [0.5, 0.6) is 0 Å². The van der Waals surface area contributed by atoms with Crippen LogP contribution in [0, 0.1) is 5.41 Å². The predicted octanol–water partition coefficient (Wildman–Crippen LogP) is 1.36. The first-order chi connectivity index (χ1) is 9.71. The van der Waals surface area contributed by atoms with Crippen molar-refractivity contribution in [1.29, 1.82) is 0 Å². The van der Waals surface area contributed by atoms with Crippen LogP contribution in [-0.2, 0) is 4.79 Å². The lowest BCUT2D eigenvalue weighted by Gasteiger charge is -2.17. The molecule has 21 heavy (non-hydrogen) atoms. The molecule has 0 atom stereocenters. The van der Waals surface area contributed by atoms with E-state index in [2.05, 4.69) is 15.6 Å². The van der Waals surface area contributed by atoms with Gasteiger partial charge in [-0.05, 0) is 12.1 Å². The van der Waals surface area contributed by atoms with Crippen LogP contribution in [0.1, 0.15) is 31.1 Å². The van der Waals surface area contributed by atoms with Gasteiger partial charge in [-0.3, -0.25) is 9.59 Å². The monoisotopic (exact) mass is 292 g/mol. The molecule has 116 valence electrons. The molecule has 1 heterocycles. The van der Waals surface area contributed by atoms with Gasteiger partial charge in [0.15, 0.2) is 0 Å². The molecule has 2 N–H and O–H groups in total. The van der Waals surface area contributed by atoms with Crippen LogP contribution in [0.2, 0.25) is 0 Å². The minimum atomic E-state index is -0.383. The molecule has 0 aliphatic heterocycles.